The van der Waals surface area contributed by atoms with Gasteiger partial charge in [-0.2, -0.15) is 5.26 Å². The van der Waals surface area contributed by atoms with Crippen LogP contribution in [0.1, 0.15) is 41.3 Å². The molecule has 2 N–H and O–H groups in total. The van der Waals surface area contributed by atoms with Crippen LogP contribution in [0.3, 0.4) is 0 Å². The first-order valence-electron chi connectivity index (χ1n) is 10.2. The lowest BCUT2D eigenvalue weighted by Crippen LogP contribution is -2.20. The number of anilines is 2. The Morgan fingerprint density at radius 2 is 1.91 bits per heavy atom. The Morgan fingerprint density at radius 1 is 1.12 bits per heavy atom. The zero-order valence-corrected chi connectivity index (χ0v) is 18.5. The van der Waals surface area contributed by atoms with Gasteiger partial charge in [-0.1, -0.05) is 12.1 Å². The van der Waals surface area contributed by atoms with Gasteiger partial charge in [0, 0.05) is 28.5 Å². The van der Waals surface area contributed by atoms with Gasteiger partial charge in [0.2, 0.25) is 15.9 Å². The predicted octanol–water partition coefficient (Wildman–Crippen LogP) is 3.65. The van der Waals surface area contributed by atoms with Gasteiger partial charge in [0.05, 0.1) is 22.4 Å². The van der Waals surface area contributed by atoms with Crippen molar-refractivity contribution >= 4 is 38.1 Å². The maximum atomic E-state index is 12.9. The van der Waals surface area contributed by atoms with Gasteiger partial charge >= 0.3 is 0 Å². The number of fused-ring (bicyclic) bond motifs is 1. The van der Waals surface area contributed by atoms with E-state index in [1.807, 2.05) is 12.1 Å². The van der Waals surface area contributed by atoms with Gasteiger partial charge in [0.1, 0.15) is 6.07 Å². The molecule has 8 nitrogen and oxygen atoms in total. The standard InChI is InChI=1S/C22H19N5O3S2/c23-10-13-9-15(12-24-11-13)14-1-3-16(4-2-14)25-21(28)18-7-8-19-20(18)26-22(31-19)27-32(29,30)17-5-6-17/h1-4,9,11-12,17-18H,5-8H2,(H,25,28)(H,26,27). The molecule has 1 saturated carbocycles. The molecular formula is C22H19N5O3S2. The number of sulfonamides is 1. The molecule has 10 heteroatoms. The SMILES string of the molecule is N#Cc1cncc(-c2ccc(NC(=O)C3CCc4sc(NS(=O)(=O)C5CC5)nc43)cc2)c1. The third-order valence-corrected chi connectivity index (χ3v) is 8.58. The lowest BCUT2D eigenvalue weighted by Gasteiger charge is -2.11. The summed E-state index contributed by atoms with van der Waals surface area (Å²) in [6.45, 7) is 0. The van der Waals surface area contributed by atoms with Crippen LogP contribution in [0.25, 0.3) is 11.1 Å². The van der Waals surface area contributed by atoms with E-state index in [0.717, 1.165) is 16.0 Å². The molecule has 1 aromatic carbocycles. The highest BCUT2D eigenvalue weighted by Gasteiger charge is 2.38. The largest absolute Gasteiger partial charge is 0.326 e. The van der Waals surface area contributed by atoms with Gasteiger partial charge < -0.3 is 5.32 Å². The second-order valence-electron chi connectivity index (χ2n) is 7.91. The molecule has 3 aromatic rings. The first-order chi connectivity index (χ1) is 15.4. The molecule has 2 heterocycles. The van der Waals surface area contributed by atoms with Gasteiger partial charge in [-0.25, -0.2) is 13.4 Å². The number of carbonyl (C=O) groups excluding carboxylic acids is 1. The minimum atomic E-state index is -3.37. The molecule has 0 bridgehead atoms. The van der Waals surface area contributed by atoms with Gasteiger partial charge in [-0.05, 0) is 49.4 Å². The van der Waals surface area contributed by atoms with Crippen LogP contribution in [0.5, 0.6) is 0 Å². The molecule has 0 aliphatic heterocycles. The molecule has 0 radical (unpaired) electrons. The van der Waals surface area contributed by atoms with Gasteiger partial charge in [-0.15, -0.1) is 11.3 Å². The highest BCUT2D eigenvalue weighted by Crippen LogP contribution is 2.40. The molecular weight excluding hydrogens is 446 g/mol. The second kappa shape index (κ2) is 8.00. The van der Waals surface area contributed by atoms with E-state index in [-0.39, 0.29) is 11.2 Å². The lowest BCUT2D eigenvalue weighted by molar-refractivity contribution is -0.117. The highest BCUT2D eigenvalue weighted by atomic mass is 32.2. The van der Waals surface area contributed by atoms with Crippen molar-refractivity contribution in [3.05, 3.63) is 58.9 Å². The third kappa shape index (κ3) is 4.09. The van der Waals surface area contributed by atoms with Crippen LogP contribution >= 0.6 is 11.3 Å². The molecule has 5 rings (SSSR count). The summed E-state index contributed by atoms with van der Waals surface area (Å²) in [6.07, 6.45) is 5.92. The van der Waals surface area contributed by atoms with Crippen LogP contribution in [0.4, 0.5) is 10.8 Å². The van der Waals surface area contributed by atoms with Crippen LogP contribution in [-0.4, -0.2) is 29.5 Å². The number of nitriles is 1. The maximum absolute atomic E-state index is 12.9. The normalized spacial score (nSPS) is 17.4. The zero-order valence-electron chi connectivity index (χ0n) is 16.9. The molecule has 0 spiro atoms. The summed E-state index contributed by atoms with van der Waals surface area (Å²) < 4.78 is 26.9. The number of nitrogens with zero attached hydrogens (tertiary/aromatic N) is 3. The molecule has 1 fully saturated rings. The number of aryl methyl sites for hydroxylation is 1. The summed E-state index contributed by atoms with van der Waals surface area (Å²) in [5.41, 5.74) is 3.52. The Labute approximate surface area is 189 Å². The first kappa shape index (κ1) is 20.6. The number of thiazole rings is 1. The van der Waals surface area contributed by atoms with E-state index in [0.29, 0.717) is 47.8 Å². The number of rotatable bonds is 6. The van der Waals surface area contributed by atoms with E-state index < -0.39 is 15.9 Å². The Bertz CT molecular complexity index is 1340. The summed E-state index contributed by atoms with van der Waals surface area (Å²) in [7, 11) is -3.37. The van der Waals surface area contributed by atoms with E-state index in [2.05, 4.69) is 26.1 Å². The number of carbonyl (C=O) groups is 1. The van der Waals surface area contributed by atoms with Crippen LogP contribution in [0.2, 0.25) is 0 Å². The van der Waals surface area contributed by atoms with E-state index in [4.69, 9.17) is 5.26 Å². The summed E-state index contributed by atoms with van der Waals surface area (Å²) in [4.78, 5) is 22.4. The summed E-state index contributed by atoms with van der Waals surface area (Å²) in [6, 6.07) is 11.2. The second-order valence-corrected chi connectivity index (χ2v) is 11.0. The van der Waals surface area contributed by atoms with E-state index in [1.165, 1.54) is 17.5 Å². The monoisotopic (exact) mass is 465 g/mol. The van der Waals surface area contributed by atoms with Crippen LogP contribution in [0, 0.1) is 11.3 Å². The topological polar surface area (TPSA) is 125 Å². The molecule has 1 atom stereocenters. The molecule has 2 aliphatic rings. The molecule has 2 aromatic heterocycles. The van der Waals surface area contributed by atoms with Crippen LogP contribution < -0.4 is 10.0 Å². The fourth-order valence-corrected chi connectivity index (χ4v) is 6.36. The van der Waals surface area contributed by atoms with Gasteiger partial charge in [0.15, 0.2) is 5.13 Å². The number of hydrogen-bond donors (Lipinski definition) is 2. The summed E-state index contributed by atoms with van der Waals surface area (Å²) in [5, 5.41) is 12.0. The van der Waals surface area contributed by atoms with Crippen LogP contribution in [0.15, 0.2) is 42.7 Å². The number of pyridine rings is 1. The number of amides is 1. The van der Waals surface area contributed by atoms with E-state index in [9.17, 15) is 13.2 Å². The summed E-state index contributed by atoms with van der Waals surface area (Å²) >= 11 is 1.31. The van der Waals surface area contributed by atoms with Crippen molar-refractivity contribution in [1.82, 2.24) is 9.97 Å². The van der Waals surface area contributed by atoms with Crippen LogP contribution in [-0.2, 0) is 21.2 Å². The van der Waals surface area contributed by atoms with Crippen molar-refractivity contribution in [2.24, 2.45) is 0 Å². The zero-order chi connectivity index (χ0) is 22.3. The Balaban J connectivity index is 1.28. The average molecular weight is 466 g/mol. The fraction of sp³-hybridized carbons (Fsp3) is 0.273. The number of nitrogens with one attached hydrogen (secondary N) is 2. The maximum Gasteiger partial charge on any atom is 0.237 e. The van der Waals surface area contributed by atoms with E-state index in [1.54, 1.807) is 24.4 Å². The van der Waals surface area contributed by atoms with Crippen molar-refractivity contribution in [3.63, 3.8) is 0 Å². The Kier molecular flexibility index (Phi) is 5.15. The van der Waals surface area contributed by atoms with Crippen molar-refractivity contribution in [2.45, 2.75) is 36.9 Å². The van der Waals surface area contributed by atoms with Crippen molar-refractivity contribution in [2.75, 3.05) is 10.0 Å². The minimum absolute atomic E-state index is 0.161. The highest BCUT2D eigenvalue weighted by molar-refractivity contribution is 7.93. The fourth-order valence-electron chi connectivity index (χ4n) is 3.74. The van der Waals surface area contributed by atoms with Gasteiger partial charge in [0.25, 0.3) is 0 Å². The first-order valence-corrected chi connectivity index (χ1v) is 12.6. The third-order valence-electron chi connectivity index (χ3n) is 5.58. The van der Waals surface area contributed by atoms with Crippen molar-refractivity contribution < 1.29 is 13.2 Å². The Morgan fingerprint density at radius 3 is 2.62 bits per heavy atom. The average Bonchev–Trinajstić information content (AvgIpc) is 3.49. The van der Waals surface area contributed by atoms with E-state index >= 15 is 0 Å². The lowest BCUT2D eigenvalue weighted by atomic mass is 10.0. The molecule has 32 heavy (non-hydrogen) atoms. The molecule has 1 unspecified atom stereocenters. The quantitative estimate of drug-likeness (QED) is 0.572. The minimum Gasteiger partial charge on any atom is -0.326 e. The molecule has 0 saturated heterocycles. The van der Waals surface area contributed by atoms with Crippen molar-refractivity contribution in [1.29, 1.82) is 5.26 Å². The van der Waals surface area contributed by atoms with Gasteiger partial charge in [-0.3, -0.25) is 14.5 Å². The molecule has 2 aliphatic carbocycles. The smallest absolute Gasteiger partial charge is 0.237 e. The summed E-state index contributed by atoms with van der Waals surface area (Å²) in [5.74, 6) is -0.567. The number of benzene rings is 1. The Hall–Kier alpha value is -3.29. The molecule has 162 valence electrons. The number of aromatic nitrogens is 2. The number of hydrogen-bond acceptors (Lipinski definition) is 7. The molecule has 1 amide bonds. The predicted molar refractivity (Wildman–Crippen MR) is 122 cm³/mol. The van der Waals surface area contributed by atoms with Crippen molar-refractivity contribution in [3.8, 4) is 17.2 Å².